The standard InChI is InChI=1S/C10H23NO/c1-5-10(6-2)11-9(3)7-8-12-4/h9-11H,5-8H2,1-4H3. The fraction of sp³-hybridized carbons (Fsp3) is 1.00. The summed E-state index contributed by atoms with van der Waals surface area (Å²) in [5.74, 6) is 0. The Labute approximate surface area is 76.7 Å². The number of hydrogen-bond donors (Lipinski definition) is 1. The van der Waals surface area contributed by atoms with E-state index in [4.69, 9.17) is 4.74 Å². The second-order valence-corrected chi connectivity index (χ2v) is 3.36. The third-order valence-electron chi connectivity index (χ3n) is 2.26. The van der Waals surface area contributed by atoms with Crippen molar-refractivity contribution in [1.29, 1.82) is 0 Å². The molecule has 0 aromatic heterocycles. The summed E-state index contributed by atoms with van der Waals surface area (Å²) in [6.45, 7) is 7.53. The minimum Gasteiger partial charge on any atom is -0.385 e. The topological polar surface area (TPSA) is 21.3 Å². The van der Waals surface area contributed by atoms with Crippen LogP contribution < -0.4 is 5.32 Å². The van der Waals surface area contributed by atoms with Crippen LogP contribution in [0.3, 0.4) is 0 Å². The maximum absolute atomic E-state index is 5.02. The molecule has 0 saturated heterocycles. The maximum atomic E-state index is 5.02. The molecule has 0 aliphatic rings. The zero-order valence-corrected chi connectivity index (χ0v) is 8.89. The van der Waals surface area contributed by atoms with Gasteiger partial charge in [-0.15, -0.1) is 0 Å². The molecule has 0 saturated carbocycles. The molecule has 0 bridgehead atoms. The zero-order valence-electron chi connectivity index (χ0n) is 8.89. The van der Waals surface area contributed by atoms with E-state index in [2.05, 4.69) is 26.1 Å². The van der Waals surface area contributed by atoms with Crippen molar-refractivity contribution in [3.63, 3.8) is 0 Å². The van der Waals surface area contributed by atoms with E-state index in [0.717, 1.165) is 13.0 Å². The fourth-order valence-electron chi connectivity index (χ4n) is 1.30. The van der Waals surface area contributed by atoms with Gasteiger partial charge in [-0.1, -0.05) is 13.8 Å². The van der Waals surface area contributed by atoms with Crippen LogP contribution in [-0.4, -0.2) is 25.8 Å². The van der Waals surface area contributed by atoms with Gasteiger partial charge >= 0.3 is 0 Å². The highest BCUT2D eigenvalue weighted by Crippen LogP contribution is 2.00. The van der Waals surface area contributed by atoms with E-state index in [-0.39, 0.29) is 0 Å². The molecule has 1 N–H and O–H groups in total. The summed E-state index contributed by atoms with van der Waals surface area (Å²) in [5.41, 5.74) is 0. The number of nitrogens with one attached hydrogen (secondary N) is 1. The van der Waals surface area contributed by atoms with Gasteiger partial charge in [-0.25, -0.2) is 0 Å². The van der Waals surface area contributed by atoms with E-state index in [1.54, 1.807) is 7.11 Å². The van der Waals surface area contributed by atoms with Crippen LogP contribution in [0.2, 0.25) is 0 Å². The second kappa shape index (κ2) is 7.56. The van der Waals surface area contributed by atoms with Gasteiger partial charge < -0.3 is 10.1 Å². The van der Waals surface area contributed by atoms with Crippen molar-refractivity contribution in [2.45, 2.75) is 52.1 Å². The molecule has 0 aromatic rings. The van der Waals surface area contributed by atoms with Crippen LogP contribution >= 0.6 is 0 Å². The first-order valence-electron chi connectivity index (χ1n) is 4.99. The van der Waals surface area contributed by atoms with Crippen molar-refractivity contribution in [3.05, 3.63) is 0 Å². The van der Waals surface area contributed by atoms with Crippen molar-refractivity contribution in [1.82, 2.24) is 5.32 Å². The van der Waals surface area contributed by atoms with E-state index in [1.807, 2.05) is 0 Å². The van der Waals surface area contributed by atoms with Crippen LogP contribution in [0, 0.1) is 0 Å². The molecule has 0 amide bonds. The third-order valence-corrected chi connectivity index (χ3v) is 2.26. The Hall–Kier alpha value is -0.0800. The Kier molecular flexibility index (Phi) is 7.51. The van der Waals surface area contributed by atoms with Gasteiger partial charge in [0.2, 0.25) is 0 Å². The summed E-state index contributed by atoms with van der Waals surface area (Å²) in [4.78, 5) is 0. The molecule has 0 radical (unpaired) electrons. The van der Waals surface area contributed by atoms with Crippen LogP contribution in [0.25, 0.3) is 0 Å². The number of hydrogen-bond acceptors (Lipinski definition) is 2. The van der Waals surface area contributed by atoms with Gasteiger partial charge in [0.25, 0.3) is 0 Å². The first kappa shape index (κ1) is 11.9. The SMILES string of the molecule is CCC(CC)NC(C)CCOC. The second-order valence-electron chi connectivity index (χ2n) is 3.36. The van der Waals surface area contributed by atoms with Crippen molar-refractivity contribution in [3.8, 4) is 0 Å². The Morgan fingerprint density at radius 2 is 1.83 bits per heavy atom. The predicted molar refractivity (Wildman–Crippen MR) is 53.5 cm³/mol. The van der Waals surface area contributed by atoms with Crippen LogP contribution in [-0.2, 0) is 4.74 Å². The van der Waals surface area contributed by atoms with Crippen molar-refractivity contribution in [2.24, 2.45) is 0 Å². The van der Waals surface area contributed by atoms with E-state index >= 15 is 0 Å². The van der Waals surface area contributed by atoms with E-state index in [0.29, 0.717) is 12.1 Å². The average molecular weight is 173 g/mol. The van der Waals surface area contributed by atoms with Gasteiger partial charge in [0.05, 0.1) is 0 Å². The van der Waals surface area contributed by atoms with Crippen LogP contribution in [0.4, 0.5) is 0 Å². The molecule has 0 aliphatic heterocycles. The summed E-state index contributed by atoms with van der Waals surface area (Å²) in [7, 11) is 1.75. The normalized spacial score (nSPS) is 13.8. The Balaban J connectivity index is 3.44. The molecule has 0 rings (SSSR count). The number of rotatable bonds is 7. The molecule has 2 heteroatoms. The molecule has 0 fully saturated rings. The first-order valence-corrected chi connectivity index (χ1v) is 4.99. The fourth-order valence-corrected chi connectivity index (χ4v) is 1.30. The highest BCUT2D eigenvalue weighted by Gasteiger charge is 2.06. The summed E-state index contributed by atoms with van der Waals surface area (Å²) < 4.78 is 5.02. The van der Waals surface area contributed by atoms with Crippen LogP contribution in [0.15, 0.2) is 0 Å². The monoisotopic (exact) mass is 173 g/mol. The lowest BCUT2D eigenvalue weighted by atomic mass is 10.1. The molecule has 12 heavy (non-hydrogen) atoms. The molecule has 74 valence electrons. The molecule has 1 atom stereocenters. The smallest absolute Gasteiger partial charge is 0.0476 e. The number of methoxy groups -OCH3 is 1. The van der Waals surface area contributed by atoms with Crippen molar-refractivity contribution >= 4 is 0 Å². The van der Waals surface area contributed by atoms with Gasteiger partial charge in [-0.05, 0) is 26.2 Å². The van der Waals surface area contributed by atoms with Gasteiger partial charge in [-0.2, -0.15) is 0 Å². The molecular formula is C10H23NO. The van der Waals surface area contributed by atoms with Gasteiger partial charge in [0.1, 0.15) is 0 Å². The first-order chi connectivity index (χ1) is 5.74. The van der Waals surface area contributed by atoms with Gasteiger partial charge in [-0.3, -0.25) is 0 Å². The van der Waals surface area contributed by atoms with Crippen molar-refractivity contribution < 1.29 is 4.74 Å². The van der Waals surface area contributed by atoms with E-state index in [9.17, 15) is 0 Å². The summed E-state index contributed by atoms with van der Waals surface area (Å²) in [5, 5.41) is 3.57. The summed E-state index contributed by atoms with van der Waals surface area (Å²) in [6.07, 6.45) is 3.54. The maximum Gasteiger partial charge on any atom is 0.0476 e. The lowest BCUT2D eigenvalue weighted by Crippen LogP contribution is -2.36. The Morgan fingerprint density at radius 1 is 1.25 bits per heavy atom. The van der Waals surface area contributed by atoms with E-state index in [1.165, 1.54) is 12.8 Å². The lowest BCUT2D eigenvalue weighted by molar-refractivity contribution is 0.182. The van der Waals surface area contributed by atoms with E-state index < -0.39 is 0 Å². The lowest BCUT2D eigenvalue weighted by Gasteiger charge is -2.20. The predicted octanol–water partition coefficient (Wildman–Crippen LogP) is 2.19. The Morgan fingerprint density at radius 3 is 2.25 bits per heavy atom. The molecule has 2 nitrogen and oxygen atoms in total. The van der Waals surface area contributed by atoms with Gasteiger partial charge in [0, 0.05) is 25.8 Å². The molecule has 1 unspecified atom stereocenters. The van der Waals surface area contributed by atoms with Crippen LogP contribution in [0.1, 0.15) is 40.0 Å². The minimum absolute atomic E-state index is 0.579. The molecule has 0 heterocycles. The summed E-state index contributed by atoms with van der Waals surface area (Å²) >= 11 is 0. The largest absolute Gasteiger partial charge is 0.385 e. The molecule has 0 aromatic carbocycles. The molecular weight excluding hydrogens is 150 g/mol. The van der Waals surface area contributed by atoms with Gasteiger partial charge in [0.15, 0.2) is 0 Å². The average Bonchev–Trinajstić information content (AvgIpc) is 2.10. The minimum atomic E-state index is 0.579. The number of ether oxygens (including phenoxy) is 1. The highest BCUT2D eigenvalue weighted by atomic mass is 16.5. The third kappa shape index (κ3) is 5.56. The van der Waals surface area contributed by atoms with Crippen molar-refractivity contribution in [2.75, 3.05) is 13.7 Å². The molecule has 0 aliphatic carbocycles. The summed E-state index contributed by atoms with van der Waals surface area (Å²) in [6, 6.07) is 1.26. The highest BCUT2D eigenvalue weighted by molar-refractivity contribution is 4.68. The van der Waals surface area contributed by atoms with Crippen LogP contribution in [0.5, 0.6) is 0 Å². The quantitative estimate of drug-likeness (QED) is 0.637. The zero-order chi connectivity index (χ0) is 9.40. The molecule has 0 spiro atoms. The Bertz CT molecular complexity index is 91.8.